The van der Waals surface area contributed by atoms with Gasteiger partial charge in [0.15, 0.2) is 17.5 Å². The van der Waals surface area contributed by atoms with Crippen LogP contribution in [0.1, 0.15) is 21.7 Å². The molecule has 0 saturated carbocycles. The maximum absolute atomic E-state index is 13.3. The molecule has 1 N–H and O–H groups in total. The summed E-state index contributed by atoms with van der Waals surface area (Å²) in [4.78, 5) is 36.1. The van der Waals surface area contributed by atoms with Crippen LogP contribution in [0.25, 0.3) is 0 Å². The largest absolute Gasteiger partial charge is 0.351 e. The first-order valence-electron chi connectivity index (χ1n) is 10.8. The monoisotopic (exact) mass is 479 g/mol. The number of rotatable bonds is 10. The number of benzene rings is 1. The number of imidazole rings is 1. The van der Waals surface area contributed by atoms with Crippen LogP contribution in [0.5, 0.6) is 0 Å². The molecule has 8 nitrogen and oxygen atoms in total. The van der Waals surface area contributed by atoms with Crippen molar-refractivity contribution < 1.29 is 18.5 Å². The molecule has 3 aromatic heterocycles. The second-order valence-corrected chi connectivity index (χ2v) is 8.58. The van der Waals surface area contributed by atoms with E-state index in [1.807, 2.05) is 29.0 Å². The van der Waals surface area contributed by atoms with Crippen LogP contribution < -0.4 is 14.8 Å². The molecule has 0 bridgehead atoms. The smallest absolute Gasteiger partial charge is 0.295 e. The highest BCUT2D eigenvalue weighted by atomic mass is 32.1. The van der Waals surface area contributed by atoms with Gasteiger partial charge >= 0.3 is 0 Å². The fourth-order valence-electron chi connectivity index (χ4n) is 3.28. The second kappa shape index (κ2) is 11.3. The van der Waals surface area contributed by atoms with Crippen molar-refractivity contribution in [3.05, 3.63) is 96.0 Å². The summed E-state index contributed by atoms with van der Waals surface area (Å²) in [5.74, 6) is -0.772. The van der Waals surface area contributed by atoms with Gasteiger partial charge in [0.2, 0.25) is 6.54 Å². The maximum Gasteiger partial charge on any atom is 0.295 e. The minimum Gasteiger partial charge on any atom is -0.351 e. The van der Waals surface area contributed by atoms with Crippen molar-refractivity contribution in [1.82, 2.24) is 19.9 Å². The van der Waals surface area contributed by atoms with E-state index >= 15 is 0 Å². The van der Waals surface area contributed by atoms with Gasteiger partial charge in [-0.15, -0.1) is 0 Å². The number of carbonyl (C=O) groups excluding carboxylic acids is 2. The van der Waals surface area contributed by atoms with E-state index in [1.54, 1.807) is 41.6 Å². The highest BCUT2D eigenvalue weighted by Crippen LogP contribution is 2.25. The zero-order valence-electron chi connectivity index (χ0n) is 18.4. The Labute approximate surface area is 200 Å². The average molecular weight is 480 g/mol. The maximum atomic E-state index is 13.3. The predicted octanol–water partition coefficient (Wildman–Crippen LogP) is 2.82. The Morgan fingerprint density at radius 1 is 1.15 bits per heavy atom. The number of nitrogens with one attached hydrogen (secondary N) is 1. The Hall–Kier alpha value is -3.92. The Balaban J connectivity index is 1.44. The van der Waals surface area contributed by atoms with Crippen LogP contribution in [0.2, 0.25) is 0 Å². The van der Waals surface area contributed by atoms with E-state index in [0.29, 0.717) is 16.6 Å². The third-order valence-electron chi connectivity index (χ3n) is 5.04. The average Bonchev–Trinajstić information content (AvgIpc) is 3.54. The van der Waals surface area contributed by atoms with Crippen LogP contribution >= 0.6 is 11.3 Å². The van der Waals surface area contributed by atoms with E-state index in [9.17, 15) is 14.0 Å². The van der Waals surface area contributed by atoms with Gasteiger partial charge in [0, 0.05) is 37.6 Å². The van der Waals surface area contributed by atoms with Crippen LogP contribution in [0.4, 0.5) is 9.52 Å². The molecule has 4 rings (SSSR count). The first kappa shape index (κ1) is 23.2. The molecule has 0 aliphatic rings. The number of amides is 2. The van der Waals surface area contributed by atoms with Gasteiger partial charge in [-0.2, -0.15) is 4.57 Å². The van der Waals surface area contributed by atoms with E-state index in [2.05, 4.69) is 15.3 Å². The van der Waals surface area contributed by atoms with E-state index in [0.717, 1.165) is 29.9 Å². The SMILES string of the molecule is O=C(NCCCn1ccnc1)c1cnc(N(Cc2ccc(F)cc2)C(=O)C[n+]2ccccc2)s1. The predicted molar refractivity (Wildman–Crippen MR) is 126 cm³/mol. The molecule has 2 amide bonds. The summed E-state index contributed by atoms with van der Waals surface area (Å²) in [6.45, 7) is 1.59. The van der Waals surface area contributed by atoms with Gasteiger partial charge in [-0.25, -0.2) is 14.4 Å². The quantitative estimate of drug-likeness (QED) is 0.280. The lowest BCUT2D eigenvalue weighted by molar-refractivity contribution is -0.684. The summed E-state index contributed by atoms with van der Waals surface area (Å²) in [7, 11) is 0. The summed E-state index contributed by atoms with van der Waals surface area (Å²) in [5, 5.41) is 3.30. The molecule has 0 atom stereocenters. The Morgan fingerprint density at radius 3 is 2.68 bits per heavy atom. The highest BCUT2D eigenvalue weighted by Gasteiger charge is 2.24. The van der Waals surface area contributed by atoms with E-state index in [1.165, 1.54) is 23.2 Å². The molecule has 4 aromatic rings. The zero-order chi connectivity index (χ0) is 23.8. The van der Waals surface area contributed by atoms with Crippen molar-refractivity contribution >= 4 is 28.3 Å². The lowest BCUT2D eigenvalue weighted by atomic mass is 10.2. The Bertz CT molecular complexity index is 1210. The number of anilines is 1. The Kier molecular flexibility index (Phi) is 7.71. The number of hydrogen-bond donors (Lipinski definition) is 1. The molecule has 0 unspecified atom stereocenters. The van der Waals surface area contributed by atoms with E-state index in [4.69, 9.17) is 0 Å². The number of aryl methyl sites for hydroxylation is 1. The van der Waals surface area contributed by atoms with Crippen LogP contribution in [-0.4, -0.2) is 32.9 Å². The van der Waals surface area contributed by atoms with Crippen molar-refractivity contribution in [1.29, 1.82) is 0 Å². The first-order chi connectivity index (χ1) is 16.6. The molecule has 1 aromatic carbocycles. The fraction of sp³-hybridized carbons (Fsp3) is 0.208. The lowest BCUT2D eigenvalue weighted by Gasteiger charge is -2.18. The molecular formula is C24H24FN6O2S+. The topological polar surface area (TPSA) is 84.0 Å². The summed E-state index contributed by atoms with van der Waals surface area (Å²) in [6, 6.07) is 11.5. The fourth-order valence-corrected chi connectivity index (χ4v) is 4.13. The van der Waals surface area contributed by atoms with Gasteiger partial charge in [-0.3, -0.25) is 14.5 Å². The number of thiazole rings is 1. The number of carbonyl (C=O) groups is 2. The third kappa shape index (κ3) is 6.32. The molecule has 0 aliphatic heterocycles. The third-order valence-corrected chi connectivity index (χ3v) is 6.06. The number of pyridine rings is 1. The van der Waals surface area contributed by atoms with Crippen LogP contribution in [0.3, 0.4) is 0 Å². The minimum atomic E-state index is -0.345. The molecule has 10 heteroatoms. The number of hydrogen-bond acceptors (Lipinski definition) is 5. The van der Waals surface area contributed by atoms with Gasteiger partial charge in [0.25, 0.3) is 11.8 Å². The van der Waals surface area contributed by atoms with Gasteiger partial charge in [0.1, 0.15) is 10.7 Å². The second-order valence-electron chi connectivity index (χ2n) is 7.57. The van der Waals surface area contributed by atoms with Crippen molar-refractivity contribution in [3.63, 3.8) is 0 Å². The summed E-state index contributed by atoms with van der Waals surface area (Å²) in [6.07, 6.45) is 11.2. The molecular weight excluding hydrogens is 455 g/mol. The minimum absolute atomic E-state index is 0.109. The van der Waals surface area contributed by atoms with Crippen LogP contribution in [0, 0.1) is 5.82 Å². The van der Waals surface area contributed by atoms with Crippen molar-refractivity contribution in [3.8, 4) is 0 Å². The lowest BCUT2D eigenvalue weighted by Crippen LogP contribution is -2.44. The van der Waals surface area contributed by atoms with Crippen LogP contribution in [-0.2, 0) is 24.4 Å². The molecule has 0 spiro atoms. The molecule has 0 radical (unpaired) electrons. The number of nitrogens with zero attached hydrogens (tertiary/aromatic N) is 5. The normalized spacial score (nSPS) is 10.7. The molecule has 0 fully saturated rings. The van der Waals surface area contributed by atoms with E-state index < -0.39 is 0 Å². The van der Waals surface area contributed by atoms with Crippen molar-refractivity contribution in [2.75, 3.05) is 11.4 Å². The summed E-state index contributed by atoms with van der Waals surface area (Å²) < 4.78 is 17.1. The van der Waals surface area contributed by atoms with Gasteiger partial charge < -0.3 is 9.88 Å². The molecule has 174 valence electrons. The molecule has 3 heterocycles. The highest BCUT2D eigenvalue weighted by molar-refractivity contribution is 7.17. The first-order valence-corrected chi connectivity index (χ1v) is 11.6. The standard InChI is InChI=1S/C24H23FN6O2S/c25-20-7-5-19(6-8-20)16-31(22(32)17-29-11-2-1-3-12-29)24-28-15-21(34-24)23(33)27-9-4-13-30-14-10-26-18-30/h1-3,5-8,10-12,14-15,18H,4,9,13,16-17H2/p+1. The van der Waals surface area contributed by atoms with Gasteiger partial charge in [0.05, 0.1) is 19.1 Å². The van der Waals surface area contributed by atoms with Crippen LogP contribution in [0.15, 0.2) is 79.8 Å². The Morgan fingerprint density at radius 2 is 1.94 bits per heavy atom. The molecule has 0 saturated heterocycles. The van der Waals surface area contributed by atoms with E-state index in [-0.39, 0.29) is 30.7 Å². The molecule has 0 aliphatic carbocycles. The van der Waals surface area contributed by atoms with Crippen molar-refractivity contribution in [2.24, 2.45) is 0 Å². The van der Waals surface area contributed by atoms with Gasteiger partial charge in [-0.05, 0) is 24.1 Å². The number of aromatic nitrogens is 4. The zero-order valence-corrected chi connectivity index (χ0v) is 19.2. The summed E-state index contributed by atoms with van der Waals surface area (Å²) in [5.41, 5.74) is 0.758. The van der Waals surface area contributed by atoms with Crippen molar-refractivity contribution in [2.45, 2.75) is 26.1 Å². The molecule has 34 heavy (non-hydrogen) atoms. The number of halogens is 1. The van der Waals surface area contributed by atoms with Gasteiger partial charge in [-0.1, -0.05) is 29.5 Å². The summed E-state index contributed by atoms with van der Waals surface area (Å²) >= 11 is 1.15.